The molecule has 0 unspecified atom stereocenters. The molecule has 0 aliphatic carbocycles. The number of benzene rings is 1. The highest BCUT2D eigenvalue weighted by Crippen LogP contribution is 2.31. The van der Waals surface area contributed by atoms with E-state index in [1.165, 1.54) is 18.2 Å². The molecule has 1 aromatic carbocycles. The Bertz CT molecular complexity index is 634. The zero-order valence-electron chi connectivity index (χ0n) is 9.71. The van der Waals surface area contributed by atoms with Gasteiger partial charge in [-0.05, 0) is 18.2 Å². The average molecular weight is 256 g/mol. The monoisotopic (exact) mass is 256 g/mol. The lowest BCUT2D eigenvalue weighted by Gasteiger charge is -2.20. The Morgan fingerprint density at radius 1 is 1.37 bits per heavy atom. The standard InChI is InChI=1S/C13H8N2O4/c14-4-8(5-15)1-9-2-10(13(16)17)3-11-6-18-7-19-12(9)11/h1-3H,6-7H2,(H,16,17). The van der Waals surface area contributed by atoms with Crippen molar-refractivity contribution in [3.8, 4) is 17.9 Å². The maximum absolute atomic E-state index is 11.0. The van der Waals surface area contributed by atoms with Crippen molar-refractivity contribution < 1.29 is 19.4 Å². The zero-order chi connectivity index (χ0) is 13.8. The van der Waals surface area contributed by atoms with Crippen molar-refractivity contribution in [2.75, 3.05) is 6.79 Å². The third kappa shape index (κ3) is 2.54. The third-order valence-corrected chi connectivity index (χ3v) is 2.53. The number of carboxylic acid groups (broad SMARTS) is 1. The molecule has 2 rings (SSSR count). The quantitative estimate of drug-likeness (QED) is 0.807. The minimum atomic E-state index is -1.10. The predicted octanol–water partition coefficient (Wildman–Crippen LogP) is 1.68. The van der Waals surface area contributed by atoms with E-state index in [1.54, 1.807) is 12.1 Å². The van der Waals surface area contributed by atoms with E-state index >= 15 is 0 Å². The van der Waals surface area contributed by atoms with E-state index in [-0.39, 0.29) is 24.5 Å². The highest BCUT2D eigenvalue weighted by Gasteiger charge is 2.18. The van der Waals surface area contributed by atoms with Crippen LogP contribution < -0.4 is 4.74 Å². The van der Waals surface area contributed by atoms with Crippen LogP contribution in [0.15, 0.2) is 17.7 Å². The summed E-state index contributed by atoms with van der Waals surface area (Å²) in [5.74, 6) is -0.655. The normalized spacial score (nSPS) is 12.3. The molecule has 1 aliphatic heterocycles. The number of carboxylic acids is 1. The van der Waals surface area contributed by atoms with Crippen molar-refractivity contribution in [1.82, 2.24) is 0 Å². The summed E-state index contributed by atoms with van der Waals surface area (Å²) in [6, 6.07) is 6.26. The minimum absolute atomic E-state index is 0.0503. The number of allylic oxidation sites excluding steroid dienone is 1. The number of nitrogens with zero attached hydrogens (tertiary/aromatic N) is 2. The second-order valence-corrected chi connectivity index (χ2v) is 3.75. The Hall–Kier alpha value is -2.83. The van der Waals surface area contributed by atoms with Crippen LogP contribution in [0.4, 0.5) is 0 Å². The summed E-state index contributed by atoms with van der Waals surface area (Å²) in [4.78, 5) is 11.0. The Morgan fingerprint density at radius 2 is 2.11 bits per heavy atom. The highest BCUT2D eigenvalue weighted by atomic mass is 16.7. The van der Waals surface area contributed by atoms with E-state index in [0.29, 0.717) is 16.9 Å². The molecule has 1 aromatic rings. The number of aromatic carboxylic acids is 1. The molecule has 0 bridgehead atoms. The summed E-state index contributed by atoms with van der Waals surface area (Å²) < 4.78 is 10.4. The molecule has 0 amide bonds. The minimum Gasteiger partial charge on any atom is -0.478 e. The third-order valence-electron chi connectivity index (χ3n) is 2.53. The molecule has 94 valence electrons. The molecular weight excluding hydrogens is 248 g/mol. The molecule has 0 saturated heterocycles. The number of ether oxygens (including phenoxy) is 2. The fourth-order valence-corrected chi connectivity index (χ4v) is 1.72. The Balaban J connectivity index is 2.62. The fourth-order valence-electron chi connectivity index (χ4n) is 1.72. The van der Waals surface area contributed by atoms with Gasteiger partial charge in [-0.15, -0.1) is 0 Å². The van der Waals surface area contributed by atoms with E-state index in [4.69, 9.17) is 25.1 Å². The molecule has 0 atom stereocenters. The Labute approximate surface area is 108 Å². The molecule has 6 nitrogen and oxygen atoms in total. The molecule has 0 fully saturated rings. The van der Waals surface area contributed by atoms with E-state index < -0.39 is 5.97 Å². The van der Waals surface area contributed by atoms with Crippen LogP contribution in [0.3, 0.4) is 0 Å². The number of hydrogen-bond acceptors (Lipinski definition) is 5. The molecule has 0 saturated carbocycles. The van der Waals surface area contributed by atoms with Crippen molar-refractivity contribution in [3.63, 3.8) is 0 Å². The van der Waals surface area contributed by atoms with Crippen LogP contribution in [0, 0.1) is 22.7 Å². The van der Waals surface area contributed by atoms with Crippen molar-refractivity contribution in [3.05, 3.63) is 34.4 Å². The van der Waals surface area contributed by atoms with Crippen LogP contribution in [0.25, 0.3) is 6.08 Å². The molecular formula is C13H8N2O4. The second-order valence-electron chi connectivity index (χ2n) is 3.75. The SMILES string of the molecule is N#CC(C#N)=Cc1cc(C(=O)O)cc2c1OCOC2. The number of hydrogen-bond donors (Lipinski definition) is 1. The topological polar surface area (TPSA) is 103 Å². The second kappa shape index (κ2) is 5.21. The van der Waals surface area contributed by atoms with Crippen LogP contribution in [0.5, 0.6) is 5.75 Å². The van der Waals surface area contributed by atoms with Gasteiger partial charge in [0.1, 0.15) is 23.5 Å². The number of nitriles is 2. The first-order valence-corrected chi connectivity index (χ1v) is 5.28. The summed E-state index contributed by atoms with van der Waals surface area (Å²) in [5.41, 5.74) is 0.887. The summed E-state index contributed by atoms with van der Waals surface area (Å²) in [7, 11) is 0. The van der Waals surface area contributed by atoms with Gasteiger partial charge in [-0.2, -0.15) is 10.5 Å². The van der Waals surface area contributed by atoms with Crippen LogP contribution in [0.2, 0.25) is 0 Å². The number of fused-ring (bicyclic) bond motifs is 1. The molecule has 1 N–H and O–H groups in total. The largest absolute Gasteiger partial charge is 0.478 e. The summed E-state index contributed by atoms with van der Waals surface area (Å²) in [5, 5.41) is 26.5. The molecule has 1 aliphatic rings. The van der Waals surface area contributed by atoms with Crippen LogP contribution in [0.1, 0.15) is 21.5 Å². The average Bonchev–Trinajstić information content (AvgIpc) is 2.44. The van der Waals surface area contributed by atoms with Crippen LogP contribution >= 0.6 is 0 Å². The lowest BCUT2D eigenvalue weighted by molar-refractivity contribution is -0.0165. The van der Waals surface area contributed by atoms with Gasteiger partial charge >= 0.3 is 5.97 Å². The highest BCUT2D eigenvalue weighted by molar-refractivity contribution is 5.89. The van der Waals surface area contributed by atoms with Gasteiger partial charge in [0.05, 0.1) is 12.2 Å². The van der Waals surface area contributed by atoms with Gasteiger partial charge in [-0.1, -0.05) is 0 Å². The number of carbonyl (C=O) groups is 1. The van der Waals surface area contributed by atoms with Crippen molar-refractivity contribution in [2.24, 2.45) is 0 Å². The summed E-state index contributed by atoms with van der Waals surface area (Å²) in [6.45, 7) is 0.278. The smallest absolute Gasteiger partial charge is 0.335 e. The van der Waals surface area contributed by atoms with Crippen molar-refractivity contribution >= 4 is 12.0 Å². The van der Waals surface area contributed by atoms with E-state index in [9.17, 15) is 4.79 Å². The first-order valence-electron chi connectivity index (χ1n) is 5.28. The maximum atomic E-state index is 11.0. The van der Waals surface area contributed by atoms with Gasteiger partial charge in [0.2, 0.25) is 0 Å². The van der Waals surface area contributed by atoms with Crippen molar-refractivity contribution in [1.29, 1.82) is 10.5 Å². The summed E-state index contributed by atoms with van der Waals surface area (Å²) in [6.07, 6.45) is 1.30. The summed E-state index contributed by atoms with van der Waals surface area (Å²) >= 11 is 0. The van der Waals surface area contributed by atoms with Gasteiger partial charge in [0, 0.05) is 11.1 Å². The lowest BCUT2D eigenvalue weighted by atomic mass is 10.0. The van der Waals surface area contributed by atoms with Gasteiger partial charge in [-0.25, -0.2) is 4.79 Å². The molecule has 0 spiro atoms. The van der Waals surface area contributed by atoms with E-state index in [1.807, 2.05) is 0 Å². The first-order chi connectivity index (χ1) is 9.15. The Morgan fingerprint density at radius 3 is 2.74 bits per heavy atom. The molecule has 19 heavy (non-hydrogen) atoms. The first kappa shape index (κ1) is 12.6. The lowest BCUT2D eigenvalue weighted by Crippen LogP contribution is -2.13. The molecule has 0 aromatic heterocycles. The van der Waals surface area contributed by atoms with Gasteiger partial charge in [0.25, 0.3) is 0 Å². The van der Waals surface area contributed by atoms with Crippen molar-refractivity contribution in [2.45, 2.75) is 6.61 Å². The molecule has 1 heterocycles. The zero-order valence-corrected chi connectivity index (χ0v) is 9.71. The predicted molar refractivity (Wildman–Crippen MR) is 62.9 cm³/mol. The number of rotatable bonds is 2. The molecule has 0 radical (unpaired) electrons. The van der Waals surface area contributed by atoms with Gasteiger partial charge in [-0.3, -0.25) is 0 Å². The van der Waals surface area contributed by atoms with Gasteiger partial charge in [0.15, 0.2) is 6.79 Å². The van der Waals surface area contributed by atoms with Gasteiger partial charge < -0.3 is 14.6 Å². The van der Waals surface area contributed by atoms with E-state index in [2.05, 4.69) is 0 Å². The van der Waals surface area contributed by atoms with Crippen LogP contribution in [-0.2, 0) is 11.3 Å². The van der Waals surface area contributed by atoms with Crippen LogP contribution in [-0.4, -0.2) is 17.9 Å². The Kier molecular flexibility index (Phi) is 3.46. The fraction of sp³-hybridized carbons (Fsp3) is 0.154. The maximum Gasteiger partial charge on any atom is 0.335 e. The van der Waals surface area contributed by atoms with E-state index in [0.717, 1.165) is 0 Å². The molecule has 6 heteroatoms.